The van der Waals surface area contributed by atoms with Crippen LogP contribution in [0.2, 0.25) is 0 Å². The normalized spacial score (nSPS) is 19.3. The highest BCUT2D eigenvalue weighted by atomic mass is 32.1. The van der Waals surface area contributed by atoms with Gasteiger partial charge in [-0.3, -0.25) is 14.4 Å². The zero-order valence-electron chi connectivity index (χ0n) is 16.8. The summed E-state index contributed by atoms with van der Waals surface area (Å²) in [5.74, 6) is 0.807. The number of fused-ring (bicyclic) bond motifs is 1. The van der Waals surface area contributed by atoms with Crippen molar-refractivity contribution in [1.82, 2.24) is 19.8 Å². The number of thiophene rings is 1. The molecule has 7 nitrogen and oxygen atoms in total. The lowest BCUT2D eigenvalue weighted by atomic mass is 9.95. The molecule has 29 heavy (non-hydrogen) atoms. The minimum Gasteiger partial charge on any atom is -0.342 e. The molecule has 0 spiro atoms. The molecule has 2 aliphatic heterocycles. The quantitative estimate of drug-likeness (QED) is 0.836. The highest BCUT2D eigenvalue weighted by Crippen LogP contribution is 2.26. The zero-order chi connectivity index (χ0) is 20.5. The van der Waals surface area contributed by atoms with Crippen LogP contribution < -0.4 is 5.56 Å². The van der Waals surface area contributed by atoms with Gasteiger partial charge < -0.3 is 14.8 Å². The van der Waals surface area contributed by atoms with Crippen molar-refractivity contribution in [2.24, 2.45) is 5.92 Å². The average Bonchev–Trinajstić information content (AvgIpc) is 3.27. The van der Waals surface area contributed by atoms with Gasteiger partial charge >= 0.3 is 0 Å². The summed E-state index contributed by atoms with van der Waals surface area (Å²) in [5.41, 5.74) is 1.20. The lowest BCUT2D eigenvalue weighted by Crippen LogP contribution is -2.43. The molecule has 0 aromatic carbocycles. The highest BCUT2D eigenvalue weighted by Gasteiger charge is 2.30. The lowest BCUT2D eigenvalue weighted by Gasteiger charge is -2.34. The minimum atomic E-state index is -0.166. The third-order valence-corrected chi connectivity index (χ3v) is 6.58. The summed E-state index contributed by atoms with van der Waals surface area (Å²) >= 11 is 1.41. The molecule has 0 saturated carbocycles. The molecule has 4 heterocycles. The molecule has 1 saturated heterocycles. The predicted octanol–water partition coefficient (Wildman–Crippen LogP) is 2.39. The van der Waals surface area contributed by atoms with E-state index in [2.05, 4.69) is 4.98 Å². The zero-order valence-corrected chi connectivity index (χ0v) is 17.6. The maximum Gasteiger partial charge on any atom is 0.264 e. The number of likely N-dealkylation sites (tertiary alicyclic amines) is 1. The molecule has 1 fully saturated rings. The number of piperidine rings is 1. The SMILES string of the molecule is CC(C)C(=O)N1CCC[C@@H](c2nc3c(c(=O)[nH]2)CN(C(=O)c2cccs2)CC3)C1. The summed E-state index contributed by atoms with van der Waals surface area (Å²) in [6.45, 7) is 6.03. The second kappa shape index (κ2) is 8.10. The van der Waals surface area contributed by atoms with Gasteiger partial charge in [0.1, 0.15) is 5.82 Å². The Balaban J connectivity index is 1.53. The van der Waals surface area contributed by atoms with Crippen LogP contribution in [0, 0.1) is 5.92 Å². The number of carbonyl (C=O) groups is 2. The molecule has 8 heteroatoms. The van der Waals surface area contributed by atoms with Gasteiger partial charge in [-0.1, -0.05) is 19.9 Å². The molecule has 0 aliphatic carbocycles. The number of hydrogen-bond acceptors (Lipinski definition) is 5. The summed E-state index contributed by atoms with van der Waals surface area (Å²) < 4.78 is 0. The van der Waals surface area contributed by atoms with Crippen LogP contribution in [0.5, 0.6) is 0 Å². The summed E-state index contributed by atoms with van der Waals surface area (Å²) in [6.07, 6.45) is 2.39. The Morgan fingerprint density at radius 1 is 1.28 bits per heavy atom. The number of rotatable bonds is 3. The third-order valence-electron chi connectivity index (χ3n) is 5.72. The number of carbonyl (C=O) groups excluding carboxylic acids is 2. The molecule has 154 valence electrons. The summed E-state index contributed by atoms with van der Waals surface area (Å²) in [5, 5.41) is 1.88. The summed E-state index contributed by atoms with van der Waals surface area (Å²) in [4.78, 5) is 49.8. The number of aromatic amines is 1. The van der Waals surface area contributed by atoms with Crippen molar-refractivity contribution < 1.29 is 9.59 Å². The van der Waals surface area contributed by atoms with Gasteiger partial charge in [-0.2, -0.15) is 0 Å². The number of nitrogens with one attached hydrogen (secondary N) is 1. The molecule has 1 atom stereocenters. The Morgan fingerprint density at radius 3 is 2.83 bits per heavy atom. The molecule has 0 unspecified atom stereocenters. The number of hydrogen-bond donors (Lipinski definition) is 1. The van der Waals surface area contributed by atoms with Gasteiger partial charge in [0, 0.05) is 37.9 Å². The van der Waals surface area contributed by atoms with Crippen molar-refractivity contribution in [3.05, 3.63) is 49.8 Å². The minimum absolute atomic E-state index is 0.0313. The largest absolute Gasteiger partial charge is 0.342 e. The van der Waals surface area contributed by atoms with Gasteiger partial charge in [-0.05, 0) is 24.3 Å². The van der Waals surface area contributed by atoms with Gasteiger partial charge in [0.15, 0.2) is 0 Å². The molecule has 0 radical (unpaired) electrons. The first-order valence-corrected chi connectivity index (χ1v) is 11.1. The van der Waals surface area contributed by atoms with E-state index in [1.165, 1.54) is 11.3 Å². The van der Waals surface area contributed by atoms with Crippen LogP contribution in [-0.2, 0) is 17.8 Å². The van der Waals surface area contributed by atoms with Gasteiger partial charge in [0.2, 0.25) is 5.91 Å². The summed E-state index contributed by atoms with van der Waals surface area (Å²) in [6, 6.07) is 3.66. The van der Waals surface area contributed by atoms with Crippen LogP contribution in [0.25, 0.3) is 0 Å². The van der Waals surface area contributed by atoms with E-state index in [1.807, 2.05) is 30.2 Å². The monoisotopic (exact) mass is 414 g/mol. The van der Waals surface area contributed by atoms with Crippen molar-refractivity contribution in [2.75, 3.05) is 19.6 Å². The first-order valence-electron chi connectivity index (χ1n) is 10.2. The Labute approximate surface area is 173 Å². The molecular weight excluding hydrogens is 388 g/mol. The Hall–Kier alpha value is -2.48. The van der Waals surface area contributed by atoms with Gasteiger partial charge in [0.05, 0.1) is 22.7 Å². The van der Waals surface area contributed by atoms with E-state index in [4.69, 9.17) is 4.98 Å². The van der Waals surface area contributed by atoms with E-state index in [-0.39, 0.29) is 35.8 Å². The van der Waals surface area contributed by atoms with Gasteiger partial charge in [-0.25, -0.2) is 4.98 Å². The van der Waals surface area contributed by atoms with Gasteiger partial charge in [0.25, 0.3) is 11.5 Å². The predicted molar refractivity (Wildman–Crippen MR) is 111 cm³/mol. The third kappa shape index (κ3) is 3.99. The van der Waals surface area contributed by atoms with E-state index >= 15 is 0 Å². The van der Waals surface area contributed by atoms with Crippen LogP contribution in [0.1, 0.15) is 59.4 Å². The van der Waals surface area contributed by atoms with Crippen molar-refractivity contribution in [2.45, 2.75) is 45.6 Å². The summed E-state index contributed by atoms with van der Waals surface area (Å²) in [7, 11) is 0. The van der Waals surface area contributed by atoms with Crippen LogP contribution in [-0.4, -0.2) is 51.2 Å². The first kappa shape index (κ1) is 19.8. The van der Waals surface area contributed by atoms with E-state index in [0.29, 0.717) is 35.8 Å². The molecule has 2 amide bonds. The standard InChI is InChI=1S/C21H26N4O3S/c1-13(2)20(27)24-8-3-5-14(11-24)18-22-16-7-9-25(12-15(16)19(26)23-18)21(28)17-6-4-10-29-17/h4,6,10,13-14H,3,5,7-9,11-12H2,1-2H3,(H,22,23,26)/t14-/m1/s1. The van der Waals surface area contributed by atoms with Crippen LogP contribution in [0.3, 0.4) is 0 Å². The van der Waals surface area contributed by atoms with E-state index in [9.17, 15) is 14.4 Å². The first-order chi connectivity index (χ1) is 13.9. The fraction of sp³-hybridized carbons (Fsp3) is 0.524. The van der Waals surface area contributed by atoms with E-state index < -0.39 is 0 Å². The number of amides is 2. The van der Waals surface area contributed by atoms with Crippen molar-refractivity contribution in [1.29, 1.82) is 0 Å². The maximum atomic E-state index is 12.8. The number of H-pyrrole nitrogens is 1. The molecule has 4 rings (SSSR count). The molecule has 2 aromatic heterocycles. The average molecular weight is 415 g/mol. The fourth-order valence-corrected chi connectivity index (χ4v) is 4.82. The topological polar surface area (TPSA) is 86.4 Å². The number of aromatic nitrogens is 2. The van der Waals surface area contributed by atoms with Crippen molar-refractivity contribution >= 4 is 23.2 Å². The fourth-order valence-electron chi connectivity index (χ4n) is 4.13. The molecular formula is C21H26N4O3S. The second-order valence-corrected chi connectivity index (χ2v) is 9.06. The van der Waals surface area contributed by atoms with Crippen molar-refractivity contribution in [3.63, 3.8) is 0 Å². The van der Waals surface area contributed by atoms with Crippen LogP contribution in [0.4, 0.5) is 0 Å². The van der Waals surface area contributed by atoms with Gasteiger partial charge in [-0.15, -0.1) is 11.3 Å². The maximum absolute atomic E-state index is 12.8. The molecule has 1 N–H and O–H groups in total. The Kier molecular flexibility index (Phi) is 5.54. The second-order valence-electron chi connectivity index (χ2n) is 8.11. The molecule has 2 aromatic rings. The van der Waals surface area contributed by atoms with E-state index in [0.717, 1.165) is 25.1 Å². The Morgan fingerprint density at radius 2 is 2.10 bits per heavy atom. The van der Waals surface area contributed by atoms with Crippen LogP contribution >= 0.6 is 11.3 Å². The van der Waals surface area contributed by atoms with Crippen LogP contribution in [0.15, 0.2) is 22.3 Å². The lowest BCUT2D eigenvalue weighted by molar-refractivity contribution is -0.135. The van der Waals surface area contributed by atoms with Crippen molar-refractivity contribution in [3.8, 4) is 0 Å². The highest BCUT2D eigenvalue weighted by molar-refractivity contribution is 7.12. The molecule has 2 aliphatic rings. The molecule has 0 bridgehead atoms. The smallest absolute Gasteiger partial charge is 0.264 e. The Bertz CT molecular complexity index is 967. The number of nitrogens with zero attached hydrogens (tertiary/aromatic N) is 3. The van der Waals surface area contributed by atoms with E-state index in [1.54, 1.807) is 11.0 Å².